The highest BCUT2D eigenvalue weighted by Gasteiger charge is 2.36. The van der Waals surface area contributed by atoms with Gasteiger partial charge >= 0.3 is 0 Å². The van der Waals surface area contributed by atoms with Crippen molar-refractivity contribution in [3.8, 4) is 5.75 Å². The molecule has 3 atom stereocenters. The van der Waals surface area contributed by atoms with Crippen molar-refractivity contribution >= 4 is 11.6 Å². The Labute approximate surface area is 170 Å². The van der Waals surface area contributed by atoms with E-state index < -0.39 is 0 Å². The predicted molar refractivity (Wildman–Crippen MR) is 109 cm³/mol. The number of furan rings is 1. The Morgan fingerprint density at radius 3 is 2.52 bits per heavy atom. The second-order valence-corrected chi connectivity index (χ2v) is 7.70. The predicted octanol–water partition coefficient (Wildman–Crippen LogP) is 3.08. The van der Waals surface area contributed by atoms with E-state index in [1.54, 1.807) is 18.4 Å². The number of amides is 1. The van der Waals surface area contributed by atoms with Gasteiger partial charge in [0.1, 0.15) is 17.6 Å². The standard InChI is InChI=1S/C22H27N3O4/c1-15-12-24(13-16(2)29-15)14-22(26)25-20(21-5-4-10-28-21)11-19(23-25)17-6-8-18(27-3)9-7-17/h4-10,15-16,20H,11-14H2,1-3H3. The topological polar surface area (TPSA) is 67.5 Å². The molecule has 1 aromatic heterocycles. The molecule has 3 unspecified atom stereocenters. The zero-order valence-corrected chi connectivity index (χ0v) is 17.1. The fourth-order valence-corrected chi connectivity index (χ4v) is 4.08. The Morgan fingerprint density at radius 2 is 1.90 bits per heavy atom. The highest BCUT2D eigenvalue weighted by atomic mass is 16.5. The van der Waals surface area contributed by atoms with Crippen LogP contribution in [0.25, 0.3) is 0 Å². The lowest BCUT2D eigenvalue weighted by molar-refractivity contribution is -0.138. The Bertz CT molecular complexity index is 853. The Balaban J connectivity index is 1.55. The van der Waals surface area contributed by atoms with Crippen molar-refractivity contribution in [1.82, 2.24) is 9.91 Å². The summed E-state index contributed by atoms with van der Waals surface area (Å²) in [6.45, 7) is 5.87. The molecule has 1 aromatic carbocycles. The summed E-state index contributed by atoms with van der Waals surface area (Å²) in [5, 5.41) is 6.28. The molecule has 3 heterocycles. The number of methoxy groups -OCH3 is 1. The molecule has 0 radical (unpaired) electrons. The van der Waals surface area contributed by atoms with Crippen molar-refractivity contribution in [2.45, 2.75) is 38.5 Å². The van der Waals surface area contributed by atoms with E-state index >= 15 is 0 Å². The molecule has 0 N–H and O–H groups in total. The number of carbonyl (C=O) groups excluding carboxylic acids is 1. The minimum absolute atomic E-state index is 0.0313. The summed E-state index contributed by atoms with van der Waals surface area (Å²) >= 11 is 0. The number of morpholine rings is 1. The zero-order chi connectivity index (χ0) is 20.4. The van der Waals surface area contributed by atoms with Crippen LogP contribution in [0, 0.1) is 0 Å². The van der Waals surface area contributed by atoms with Gasteiger partial charge in [-0.1, -0.05) is 0 Å². The van der Waals surface area contributed by atoms with Crippen molar-refractivity contribution in [2.75, 3.05) is 26.7 Å². The fraction of sp³-hybridized carbons (Fsp3) is 0.455. The van der Waals surface area contributed by atoms with Gasteiger partial charge in [-0.25, -0.2) is 5.01 Å². The quantitative estimate of drug-likeness (QED) is 0.776. The molecule has 1 fully saturated rings. The van der Waals surface area contributed by atoms with Crippen molar-refractivity contribution in [3.63, 3.8) is 0 Å². The molecule has 2 aliphatic rings. The molecule has 0 saturated carbocycles. The smallest absolute Gasteiger partial charge is 0.257 e. The van der Waals surface area contributed by atoms with Gasteiger partial charge in [-0.15, -0.1) is 0 Å². The maximum absolute atomic E-state index is 13.2. The third-order valence-electron chi connectivity index (χ3n) is 5.31. The monoisotopic (exact) mass is 397 g/mol. The molecular formula is C22H27N3O4. The van der Waals surface area contributed by atoms with Crippen molar-refractivity contribution < 1.29 is 18.7 Å². The van der Waals surface area contributed by atoms with Gasteiger partial charge in [-0.3, -0.25) is 9.69 Å². The first kappa shape index (κ1) is 19.7. The summed E-state index contributed by atoms with van der Waals surface area (Å²) in [4.78, 5) is 15.3. The summed E-state index contributed by atoms with van der Waals surface area (Å²) < 4.78 is 16.6. The summed E-state index contributed by atoms with van der Waals surface area (Å²) in [7, 11) is 1.64. The molecule has 2 aliphatic heterocycles. The molecule has 7 nitrogen and oxygen atoms in total. The second-order valence-electron chi connectivity index (χ2n) is 7.70. The van der Waals surface area contributed by atoms with Gasteiger partial charge in [0.05, 0.1) is 37.8 Å². The normalized spacial score (nSPS) is 25.1. The Morgan fingerprint density at radius 1 is 1.17 bits per heavy atom. The van der Waals surface area contributed by atoms with Gasteiger partial charge < -0.3 is 13.9 Å². The first-order valence-electron chi connectivity index (χ1n) is 9.98. The molecule has 1 saturated heterocycles. The van der Waals surface area contributed by atoms with E-state index in [0.717, 1.165) is 35.9 Å². The summed E-state index contributed by atoms with van der Waals surface area (Å²) in [5.74, 6) is 1.50. The lowest BCUT2D eigenvalue weighted by Crippen LogP contribution is -2.49. The first-order valence-corrected chi connectivity index (χ1v) is 9.98. The number of carbonyl (C=O) groups is 1. The van der Waals surface area contributed by atoms with E-state index in [2.05, 4.69) is 4.90 Å². The molecule has 0 spiro atoms. The number of hydrogen-bond donors (Lipinski definition) is 0. The number of benzene rings is 1. The van der Waals surface area contributed by atoms with Crippen LogP contribution < -0.4 is 4.74 Å². The molecule has 7 heteroatoms. The largest absolute Gasteiger partial charge is 0.497 e. The second kappa shape index (κ2) is 8.39. The Hall–Kier alpha value is -2.64. The average Bonchev–Trinajstić information content (AvgIpc) is 3.37. The van der Waals surface area contributed by atoms with Crippen molar-refractivity contribution in [2.24, 2.45) is 5.10 Å². The van der Waals surface area contributed by atoms with E-state index in [1.807, 2.05) is 50.2 Å². The van der Waals surface area contributed by atoms with Gasteiger partial charge in [0.2, 0.25) is 0 Å². The number of ether oxygens (including phenoxy) is 2. The van der Waals surface area contributed by atoms with E-state index in [1.165, 1.54) is 0 Å². The van der Waals surface area contributed by atoms with Crippen LogP contribution in [0.4, 0.5) is 0 Å². The van der Waals surface area contributed by atoms with E-state index in [9.17, 15) is 4.79 Å². The highest BCUT2D eigenvalue weighted by Crippen LogP contribution is 2.33. The van der Waals surface area contributed by atoms with E-state index in [0.29, 0.717) is 13.0 Å². The van der Waals surface area contributed by atoms with Gasteiger partial charge in [-0.05, 0) is 55.8 Å². The lowest BCUT2D eigenvalue weighted by Gasteiger charge is -2.35. The minimum Gasteiger partial charge on any atom is -0.497 e. The zero-order valence-electron chi connectivity index (χ0n) is 17.1. The number of rotatable bonds is 5. The van der Waals surface area contributed by atoms with Crippen LogP contribution in [0.3, 0.4) is 0 Å². The first-order chi connectivity index (χ1) is 14.0. The molecule has 2 aromatic rings. The number of hydrogen-bond acceptors (Lipinski definition) is 6. The van der Waals surface area contributed by atoms with Crippen LogP contribution in [0.1, 0.15) is 37.6 Å². The fourth-order valence-electron chi connectivity index (χ4n) is 4.08. The van der Waals surface area contributed by atoms with Crippen LogP contribution in [0.15, 0.2) is 52.2 Å². The van der Waals surface area contributed by atoms with Gasteiger partial charge in [0, 0.05) is 19.5 Å². The lowest BCUT2D eigenvalue weighted by atomic mass is 10.0. The van der Waals surface area contributed by atoms with Crippen molar-refractivity contribution in [1.29, 1.82) is 0 Å². The number of hydrazone groups is 1. The van der Waals surface area contributed by atoms with Crippen LogP contribution in [0.2, 0.25) is 0 Å². The third kappa shape index (κ3) is 4.36. The summed E-state index contributed by atoms with van der Waals surface area (Å²) in [6.07, 6.45) is 2.48. The summed E-state index contributed by atoms with van der Waals surface area (Å²) in [6, 6.07) is 11.3. The molecule has 29 heavy (non-hydrogen) atoms. The number of nitrogens with zero attached hydrogens (tertiary/aromatic N) is 3. The van der Waals surface area contributed by atoms with Crippen LogP contribution in [-0.4, -0.2) is 60.5 Å². The maximum Gasteiger partial charge on any atom is 0.257 e. The van der Waals surface area contributed by atoms with E-state index in [4.69, 9.17) is 19.0 Å². The summed E-state index contributed by atoms with van der Waals surface area (Å²) in [5.41, 5.74) is 1.84. The van der Waals surface area contributed by atoms with Gasteiger partial charge in [0.25, 0.3) is 5.91 Å². The maximum atomic E-state index is 13.2. The molecule has 0 aliphatic carbocycles. The van der Waals surface area contributed by atoms with Crippen molar-refractivity contribution in [3.05, 3.63) is 54.0 Å². The molecule has 0 bridgehead atoms. The SMILES string of the molecule is COc1ccc(C2=NN(C(=O)CN3CC(C)OC(C)C3)C(c3ccco3)C2)cc1. The van der Waals surface area contributed by atoms with Gasteiger partial charge in [-0.2, -0.15) is 5.10 Å². The van der Waals surface area contributed by atoms with Crippen LogP contribution in [0.5, 0.6) is 5.75 Å². The van der Waals surface area contributed by atoms with Gasteiger partial charge in [0.15, 0.2) is 0 Å². The average molecular weight is 397 g/mol. The Kier molecular flexibility index (Phi) is 5.69. The molecule has 1 amide bonds. The van der Waals surface area contributed by atoms with E-state index in [-0.39, 0.29) is 24.2 Å². The minimum atomic E-state index is -0.231. The van der Waals surface area contributed by atoms with Crippen LogP contribution in [-0.2, 0) is 9.53 Å². The van der Waals surface area contributed by atoms with Crippen LogP contribution >= 0.6 is 0 Å². The highest BCUT2D eigenvalue weighted by molar-refractivity contribution is 6.03. The molecule has 4 rings (SSSR count). The molecule has 154 valence electrons. The third-order valence-corrected chi connectivity index (χ3v) is 5.31. The molecular weight excluding hydrogens is 370 g/mol.